The van der Waals surface area contributed by atoms with Crippen LogP contribution in [-0.4, -0.2) is 28.8 Å². The number of halogens is 2. The summed E-state index contributed by atoms with van der Waals surface area (Å²) < 4.78 is 13.1. The lowest BCUT2D eigenvalue weighted by Gasteiger charge is -2.31. The fraction of sp³-hybridized carbons (Fsp3) is 0.250. The third-order valence-electron chi connectivity index (χ3n) is 5.46. The van der Waals surface area contributed by atoms with Gasteiger partial charge in [0.2, 0.25) is 0 Å². The molecule has 0 atom stereocenters. The van der Waals surface area contributed by atoms with Crippen molar-refractivity contribution in [1.82, 2.24) is 9.88 Å². The van der Waals surface area contributed by atoms with Gasteiger partial charge in [-0.15, -0.1) is 0 Å². The van der Waals surface area contributed by atoms with E-state index in [1.54, 1.807) is 30.5 Å². The number of benzene rings is 2. The van der Waals surface area contributed by atoms with E-state index in [1.165, 1.54) is 17.7 Å². The van der Waals surface area contributed by atoms with Gasteiger partial charge in [-0.3, -0.25) is 14.7 Å². The van der Waals surface area contributed by atoms with Crippen molar-refractivity contribution < 1.29 is 9.18 Å². The first-order valence-corrected chi connectivity index (χ1v) is 10.2. The summed E-state index contributed by atoms with van der Waals surface area (Å²) >= 11 is 5.92. The van der Waals surface area contributed by atoms with Crippen LogP contribution in [0.5, 0.6) is 0 Å². The van der Waals surface area contributed by atoms with E-state index in [9.17, 15) is 9.18 Å². The number of nitrogens with zero attached hydrogens (tertiary/aromatic N) is 2. The molecule has 1 aliphatic heterocycles. The summed E-state index contributed by atoms with van der Waals surface area (Å²) in [4.78, 5) is 19.5. The molecule has 3 nitrogen and oxygen atoms in total. The van der Waals surface area contributed by atoms with Gasteiger partial charge in [0.1, 0.15) is 5.82 Å². The molecule has 5 heteroatoms. The van der Waals surface area contributed by atoms with Gasteiger partial charge in [0, 0.05) is 34.8 Å². The quantitative estimate of drug-likeness (QED) is 0.512. The van der Waals surface area contributed by atoms with Gasteiger partial charge in [-0.05, 0) is 92.2 Å². The third kappa shape index (κ3) is 4.89. The van der Waals surface area contributed by atoms with E-state index >= 15 is 0 Å². The molecule has 0 spiro atoms. The van der Waals surface area contributed by atoms with Crippen LogP contribution in [0.25, 0.3) is 11.3 Å². The molecule has 29 heavy (non-hydrogen) atoms. The van der Waals surface area contributed by atoms with Crippen LogP contribution in [0.4, 0.5) is 4.39 Å². The Labute approximate surface area is 175 Å². The number of ketones is 1. The summed E-state index contributed by atoms with van der Waals surface area (Å²) in [5.74, 6) is 0.0318. The molecular weight excluding hydrogens is 387 g/mol. The van der Waals surface area contributed by atoms with E-state index in [0.717, 1.165) is 49.3 Å². The van der Waals surface area contributed by atoms with Crippen molar-refractivity contribution in [2.75, 3.05) is 13.1 Å². The molecule has 1 fully saturated rings. The second-order valence-electron chi connectivity index (χ2n) is 7.48. The summed E-state index contributed by atoms with van der Waals surface area (Å²) in [6.45, 7) is 2.59. The highest BCUT2D eigenvalue weighted by Crippen LogP contribution is 2.25. The maximum Gasteiger partial charge on any atom is 0.166 e. The minimum Gasteiger partial charge on any atom is -0.299 e. The first-order chi connectivity index (χ1) is 14.1. The van der Waals surface area contributed by atoms with Crippen molar-refractivity contribution in [3.63, 3.8) is 0 Å². The first kappa shape index (κ1) is 19.7. The molecule has 1 aliphatic rings. The number of piperidine rings is 1. The Kier molecular flexibility index (Phi) is 6.02. The summed E-state index contributed by atoms with van der Waals surface area (Å²) in [6.07, 6.45) is 3.51. The number of carbonyl (C=O) groups is 1. The van der Waals surface area contributed by atoms with Crippen LogP contribution >= 0.6 is 11.6 Å². The molecule has 1 aromatic heterocycles. The lowest BCUT2D eigenvalue weighted by Crippen LogP contribution is -2.36. The van der Waals surface area contributed by atoms with Gasteiger partial charge in [0.15, 0.2) is 5.78 Å². The normalized spacial score (nSPS) is 15.4. The zero-order valence-electron chi connectivity index (χ0n) is 16.0. The predicted octanol–water partition coefficient (Wildman–Crippen LogP) is 5.64. The Morgan fingerprint density at radius 3 is 2.41 bits per heavy atom. The van der Waals surface area contributed by atoms with Crippen LogP contribution in [0.3, 0.4) is 0 Å². The molecule has 0 saturated carbocycles. The number of hydrogen-bond acceptors (Lipinski definition) is 3. The van der Waals surface area contributed by atoms with Crippen molar-refractivity contribution in [1.29, 1.82) is 0 Å². The first-order valence-electron chi connectivity index (χ1n) is 9.81. The lowest BCUT2D eigenvalue weighted by molar-refractivity contribution is 0.0835. The van der Waals surface area contributed by atoms with E-state index in [4.69, 9.17) is 11.6 Å². The monoisotopic (exact) mass is 408 g/mol. The largest absolute Gasteiger partial charge is 0.299 e. The van der Waals surface area contributed by atoms with Crippen molar-refractivity contribution >= 4 is 17.4 Å². The van der Waals surface area contributed by atoms with Crippen molar-refractivity contribution in [2.45, 2.75) is 19.4 Å². The average Bonchev–Trinajstić information content (AvgIpc) is 2.75. The fourth-order valence-corrected chi connectivity index (χ4v) is 3.94. The molecule has 0 radical (unpaired) electrons. The van der Waals surface area contributed by atoms with E-state index in [0.29, 0.717) is 5.02 Å². The third-order valence-corrected chi connectivity index (χ3v) is 5.71. The molecule has 0 amide bonds. The molecule has 1 saturated heterocycles. The van der Waals surface area contributed by atoms with Gasteiger partial charge in [-0.1, -0.05) is 11.6 Å². The van der Waals surface area contributed by atoms with Crippen LogP contribution < -0.4 is 0 Å². The molecule has 148 valence electrons. The Morgan fingerprint density at radius 1 is 1.03 bits per heavy atom. The molecule has 2 aromatic carbocycles. The average molecular weight is 409 g/mol. The van der Waals surface area contributed by atoms with Crippen molar-refractivity contribution in [3.8, 4) is 11.3 Å². The zero-order valence-corrected chi connectivity index (χ0v) is 16.8. The molecule has 0 unspecified atom stereocenters. The fourth-order valence-electron chi connectivity index (χ4n) is 3.81. The van der Waals surface area contributed by atoms with Crippen LogP contribution in [0.2, 0.25) is 5.02 Å². The van der Waals surface area contributed by atoms with E-state index < -0.39 is 0 Å². The van der Waals surface area contributed by atoms with E-state index in [2.05, 4.69) is 16.0 Å². The lowest BCUT2D eigenvalue weighted by atomic mass is 9.89. The van der Waals surface area contributed by atoms with Crippen LogP contribution in [-0.2, 0) is 6.54 Å². The van der Waals surface area contributed by atoms with E-state index in [-0.39, 0.29) is 17.5 Å². The van der Waals surface area contributed by atoms with Crippen LogP contribution in [0, 0.1) is 11.7 Å². The van der Waals surface area contributed by atoms with Gasteiger partial charge < -0.3 is 0 Å². The molecular formula is C24H22ClFN2O. The minimum absolute atomic E-state index is 0.0691. The van der Waals surface area contributed by atoms with Gasteiger partial charge in [-0.2, -0.15) is 0 Å². The Balaban J connectivity index is 1.36. The highest BCUT2D eigenvalue weighted by atomic mass is 35.5. The van der Waals surface area contributed by atoms with E-state index in [1.807, 2.05) is 18.2 Å². The number of carbonyl (C=O) groups excluding carboxylic acids is 1. The maximum absolute atomic E-state index is 13.1. The molecule has 2 heterocycles. The highest BCUT2D eigenvalue weighted by molar-refractivity contribution is 6.30. The number of rotatable bonds is 5. The van der Waals surface area contributed by atoms with Crippen molar-refractivity contribution in [3.05, 3.63) is 88.8 Å². The Bertz CT molecular complexity index is 981. The highest BCUT2D eigenvalue weighted by Gasteiger charge is 2.25. The molecule has 3 aromatic rings. The zero-order chi connectivity index (χ0) is 20.2. The van der Waals surface area contributed by atoms with Gasteiger partial charge in [-0.25, -0.2) is 4.39 Å². The minimum atomic E-state index is -0.249. The number of hydrogen-bond donors (Lipinski definition) is 0. The summed E-state index contributed by atoms with van der Waals surface area (Å²) in [5.41, 5.74) is 3.66. The summed E-state index contributed by atoms with van der Waals surface area (Å²) in [6, 6.07) is 17.6. The second kappa shape index (κ2) is 8.85. The van der Waals surface area contributed by atoms with Crippen molar-refractivity contribution in [2.24, 2.45) is 5.92 Å². The van der Waals surface area contributed by atoms with Gasteiger partial charge in [0.05, 0.1) is 5.69 Å². The Hall–Kier alpha value is -2.56. The SMILES string of the molecule is O=C(c1ccc(Cl)cc1)C1CCN(Cc2ccnc(-c3ccc(F)cc3)c2)CC1. The topological polar surface area (TPSA) is 33.2 Å². The number of likely N-dealkylation sites (tertiary alicyclic amines) is 1. The molecule has 0 aliphatic carbocycles. The molecule has 0 N–H and O–H groups in total. The maximum atomic E-state index is 13.1. The Morgan fingerprint density at radius 2 is 1.72 bits per heavy atom. The number of aromatic nitrogens is 1. The standard InChI is InChI=1S/C24H22ClFN2O/c25-21-5-1-19(2-6-21)24(29)20-10-13-28(14-11-20)16-17-9-12-27-23(15-17)18-3-7-22(26)8-4-18/h1-9,12,15,20H,10-11,13-14,16H2. The van der Waals surface area contributed by atoms with Gasteiger partial charge >= 0.3 is 0 Å². The van der Waals surface area contributed by atoms with Crippen LogP contribution in [0.1, 0.15) is 28.8 Å². The van der Waals surface area contributed by atoms with Crippen LogP contribution in [0.15, 0.2) is 66.9 Å². The summed E-state index contributed by atoms with van der Waals surface area (Å²) in [7, 11) is 0. The predicted molar refractivity (Wildman–Crippen MR) is 113 cm³/mol. The second-order valence-corrected chi connectivity index (χ2v) is 7.91. The summed E-state index contributed by atoms with van der Waals surface area (Å²) in [5, 5.41) is 0.647. The molecule has 0 bridgehead atoms. The van der Waals surface area contributed by atoms with Gasteiger partial charge in [0.25, 0.3) is 0 Å². The number of Topliss-reactive ketones (excluding diaryl/α,β-unsaturated/α-hetero) is 1. The number of pyridine rings is 1. The molecule has 4 rings (SSSR count). The smallest absolute Gasteiger partial charge is 0.166 e.